The first kappa shape index (κ1) is 15.4. The van der Waals surface area contributed by atoms with Gasteiger partial charge in [0.1, 0.15) is 24.2 Å². The predicted molar refractivity (Wildman–Crippen MR) is 91.0 cm³/mol. The second-order valence-corrected chi connectivity index (χ2v) is 6.05. The molecule has 4 heterocycles. The first-order chi connectivity index (χ1) is 12.3. The van der Waals surface area contributed by atoms with Crippen molar-refractivity contribution in [3.63, 3.8) is 0 Å². The van der Waals surface area contributed by atoms with Crippen molar-refractivity contribution >= 4 is 5.91 Å². The normalized spacial score (nSPS) is 17.4. The van der Waals surface area contributed by atoms with E-state index >= 15 is 0 Å². The highest BCUT2D eigenvalue weighted by Crippen LogP contribution is 2.31. The topological polar surface area (TPSA) is 76.8 Å². The average Bonchev–Trinajstić information content (AvgIpc) is 3.23. The van der Waals surface area contributed by atoms with Crippen molar-refractivity contribution in [1.29, 1.82) is 0 Å². The molecule has 7 heteroatoms. The molecule has 126 valence electrons. The zero-order chi connectivity index (χ0) is 17.1. The molecule has 1 amide bonds. The zero-order valence-electron chi connectivity index (χ0n) is 13.7. The van der Waals surface area contributed by atoms with E-state index in [1.54, 1.807) is 29.5 Å². The third-order valence-corrected chi connectivity index (χ3v) is 4.47. The van der Waals surface area contributed by atoms with Gasteiger partial charge in [0.25, 0.3) is 5.91 Å². The Balaban J connectivity index is 1.64. The van der Waals surface area contributed by atoms with Crippen molar-refractivity contribution < 1.29 is 4.79 Å². The van der Waals surface area contributed by atoms with Gasteiger partial charge in [0.15, 0.2) is 0 Å². The van der Waals surface area contributed by atoms with E-state index in [4.69, 9.17) is 0 Å². The largest absolute Gasteiger partial charge is 0.330 e. The first-order valence-corrected chi connectivity index (χ1v) is 8.36. The number of amides is 1. The van der Waals surface area contributed by atoms with Crippen molar-refractivity contribution in [3.05, 3.63) is 66.6 Å². The number of aromatic nitrogens is 5. The summed E-state index contributed by atoms with van der Waals surface area (Å²) in [5.41, 5.74) is 1.51. The van der Waals surface area contributed by atoms with Gasteiger partial charge in [0.2, 0.25) is 0 Å². The van der Waals surface area contributed by atoms with Gasteiger partial charge in [-0.05, 0) is 43.0 Å². The summed E-state index contributed by atoms with van der Waals surface area (Å²) in [7, 11) is 0. The molecule has 1 atom stereocenters. The van der Waals surface area contributed by atoms with E-state index in [2.05, 4.69) is 20.2 Å². The summed E-state index contributed by atoms with van der Waals surface area (Å²) in [5.74, 6) is 0.578. The number of carbonyl (C=O) groups excluding carboxylic acids is 1. The third-order valence-electron chi connectivity index (χ3n) is 4.47. The molecule has 0 aromatic carbocycles. The van der Waals surface area contributed by atoms with Crippen LogP contribution in [0.1, 0.15) is 41.4 Å². The lowest BCUT2D eigenvalue weighted by Crippen LogP contribution is -2.39. The van der Waals surface area contributed by atoms with Crippen molar-refractivity contribution in [2.75, 3.05) is 6.54 Å². The molecular formula is C18H18N6O. The Morgan fingerprint density at radius 3 is 2.76 bits per heavy atom. The van der Waals surface area contributed by atoms with Gasteiger partial charge in [0, 0.05) is 18.9 Å². The Hall–Kier alpha value is -3.09. The monoisotopic (exact) mass is 334 g/mol. The standard InChI is InChI=1S/C18H18N6O/c25-18(15-6-3-8-17(22-15)23-12-20-21-13-23)24-10-2-1-7-16(24)14-5-4-9-19-11-14/h3-6,8-9,11-13,16H,1-2,7,10H2/t16-/m1/s1. The Kier molecular flexibility index (Phi) is 4.20. The van der Waals surface area contributed by atoms with E-state index in [0.717, 1.165) is 31.4 Å². The Morgan fingerprint density at radius 1 is 1.08 bits per heavy atom. The molecule has 0 spiro atoms. The number of piperidine rings is 1. The van der Waals surface area contributed by atoms with Crippen molar-refractivity contribution in [1.82, 2.24) is 29.6 Å². The molecule has 1 fully saturated rings. The van der Waals surface area contributed by atoms with Gasteiger partial charge in [-0.1, -0.05) is 12.1 Å². The van der Waals surface area contributed by atoms with E-state index < -0.39 is 0 Å². The molecule has 0 saturated carbocycles. The number of nitrogens with zero attached hydrogens (tertiary/aromatic N) is 6. The number of pyridine rings is 2. The van der Waals surface area contributed by atoms with Crippen molar-refractivity contribution in [3.8, 4) is 5.82 Å². The first-order valence-electron chi connectivity index (χ1n) is 8.36. The number of hydrogen-bond acceptors (Lipinski definition) is 5. The quantitative estimate of drug-likeness (QED) is 0.735. The molecule has 7 nitrogen and oxygen atoms in total. The second kappa shape index (κ2) is 6.80. The molecule has 0 unspecified atom stereocenters. The minimum absolute atomic E-state index is 0.0512. The molecule has 25 heavy (non-hydrogen) atoms. The van der Waals surface area contributed by atoms with Crippen LogP contribution in [0.2, 0.25) is 0 Å². The molecule has 1 aliphatic rings. The van der Waals surface area contributed by atoms with Crippen LogP contribution in [-0.4, -0.2) is 42.1 Å². The Morgan fingerprint density at radius 2 is 1.96 bits per heavy atom. The average molecular weight is 334 g/mol. The maximum absolute atomic E-state index is 13.1. The van der Waals surface area contributed by atoms with Crippen LogP contribution in [0.5, 0.6) is 0 Å². The minimum Gasteiger partial charge on any atom is -0.330 e. The predicted octanol–water partition coefficient (Wildman–Crippen LogP) is 2.42. The van der Waals surface area contributed by atoms with Crippen LogP contribution < -0.4 is 0 Å². The van der Waals surface area contributed by atoms with Gasteiger partial charge in [0.05, 0.1) is 6.04 Å². The molecule has 0 radical (unpaired) electrons. The summed E-state index contributed by atoms with van der Waals surface area (Å²) in [5, 5.41) is 7.57. The number of carbonyl (C=O) groups is 1. The highest BCUT2D eigenvalue weighted by atomic mass is 16.2. The third kappa shape index (κ3) is 3.13. The zero-order valence-corrected chi connectivity index (χ0v) is 13.7. The van der Waals surface area contributed by atoms with Crippen LogP contribution >= 0.6 is 0 Å². The van der Waals surface area contributed by atoms with Crippen molar-refractivity contribution in [2.24, 2.45) is 0 Å². The van der Waals surface area contributed by atoms with Crippen LogP contribution in [0.3, 0.4) is 0 Å². The fraction of sp³-hybridized carbons (Fsp3) is 0.278. The molecule has 4 rings (SSSR count). The Bertz CT molecular complexity index is 849. The van der Waals surface area contributed by atoms with Crippen LogP contribution in [0.4, 0.5) is 0 Å². The fourth-order valence-corrected chi connectivity index (χ4v) is 3.25. The van der Waals surface area contributed by atoms with Gasteiger partial charge >= 0.3 is 0 Å². The highest BCUT2D eigenvalue weighted by Gasteiger charge is 2.29. The molecular weight excluding hydrogens is 316 g/mol. The van der Waals surface area contributed by atoms with E-state index in [-0.39, 0.29) is 11.9 Å². The maximum Gasteiger partial charge on any atom is 0.273 e. The molecule has 3 aromatic heterocycles. The molecule has 0 N–H and O–H groups in total. The lowest BCUT2D eigenvalue weighted by atomic mass is 9.96. The van der Waals surface area contributed by atoms with E-state index in [9.17, 15) is 4.79 Å². The molecule has 1 aliphatic heterocycles. The number of rotatable bonds is 3. The van der Waals surface area contributed by atoms with Gasteiger partial charge in [-0.3, -0.25) is 14.3 Å². The Labute approximate surface area is 145 Å². The summed E-state index contributed by atoms with van der Waals surface area (Å²) in [6.07, 6.45) is 9.79. The minimum atomic E-state index is -0.0523. The summed E-state index contributed by atoms with van der Waals surface area (Å²) >= 11 is 0. The second-order valence-electron chi connectivity index (χ2n) is 6.05. The van der Waals surface area contributed by atoms with Crippen LogP contribution in [-0.2, 0) is 0 Å². The lowest BCUT2D eigenvalue weighted by molar-refractivity contribution is 0.0605. The number of likely N-dealkylation sites (tertiary alicyclic amines) is 1. The van der Waals surface area contributed by atoms with Gasteiger partial charge in [-0.25, -0.2) is 4.98 Å². The van der Waals surface area contributed by atoms with Crippen LogP contribution in [0.15, 0.2) is 55.4 Å². The SMILES string of the molecule is O=C(c1cccc(-n2cnnc2)n1)N1CCCC[C@@H]1c1cccnc1. The highest BCUT2D eigenvalue weighted by molar-refractivity contribution is 5.92. The summed E-state index contributed by atoms with van der Waals surface area (Å²) in [6, 6.07) is 9.41. The molecule has 0 bridgehead atoms. The fourth-order valence-electron chi connectivity index (χ4n) is 3.25. The lowest BCUT2D eigenvalue weighted by Gasteiger charge is -2.35. The molecule has 1 saturated heterocycles. The van der Waals surface area contributed by atoms with Crippen LogP contribution in [0, 0.1) is 0 Å². The summed E-state index contributed by atoms with van der Waals surface area (Å²) in [4.78, 5) is 23.7. The van der Waals surface area contributed by atoms with Crippen LogP contribution in [0.25, 0.3) is 5.82 Å². The van der Waals surface area contributed by atoms with E-state index in [1.165, 1.54) is 0 Å². The van der Waals surface area contributed by atoms with Gasteiger partial charge < -0.3 is 4.90 Å². The molecule has 3 aromatic rings. The van der Waals surface area contributed by atoms with Gasteiger partial charge in [-0.2, -0.15) is 0 Å². The smallest absolute Gasteiger partial charge is 0.273 e. The molecule has 0 aliphatic carbocycles. The summed E-state index contributed by atoms with van der Waals surface area (Å²) in [6.45, 7) is 0.733. The number of hydrogen-bond donors (Lipinski definition) is 0. The summed E-state index contributed by atoms with van der Waals surface area (Å²) < 4.78 is 1.69. The van der Waals surface area contributed by atoms with E-state index in [0.29, 0.717) is 11.5 Å². The maximum atomic E-state index is 13.1. The van der Waals surface area contributed by atoms with Gasteiger partial charge in [-0.15, -0.1) is 10.2 Å². The van der Waals surface area contributed by atoms with E-state index in [1.807, 2.05) is 35.4 Å². The van der Waals surface area contributed by atoms with Crippen molar-refractivity contribution in [2.45, 2.75) is 25.3 Å².